The lowest BCUT2D eigenvalue weighted by molar-refractivity contribution is -0.249. The summed E-state index contributed by atoms with van der Waals surface area (Å²) in [7, 11) is 1.15. The van der Waals surface area contributed by atoms with Crippen molar-refractivity contribution in [3.05, 3.63) is 12.2 Å². The Kier molecular flexibility index (Phi) is 3.90. The molecule has 0 aromatic heterocycles. The van der Waals surface area contributed by atoms with Gasteiger partial charge in [-0.05, 0) is 0 Å². The number of hydrogen-bond donors (Lipinski definition) is 1. The lowest BCUT2D eigenvalue weighted by Gasteiger charge is -1.90. The largest absolute Gasteiger partial charge is 0.478 e. The van der Waals surface area contributed by atoms with Gasteiger partial charge in [0.1, 0.15) is 0 Å². The molecule has 0 spiro atoms. The van der Waals surface area contributed by atoms with Gasteiger partial charge in [0.15, 0.2) is 0 Å². The molecule has 0 atom stereocenters. The third-order valence-electron chi connectivity index (χ3n) is 0.527. The molecule has 10 heavy (non-hydrogen) atoms. The Morgan fingerprint density at radius 3 is 2.40 bits per heavy atom. The average molecular weight is 146 g/mol. The highest BCUT2D eigenvalue weighted by Gasteiger charge is 1.95. The van der Waals surface area contributed by atoms with Crippen LogP contribution in [0.3, 0.4) is 0 Å². The van der Waals surface area contributed by atoms with Crippen LogP contribution in [0.25, 0.3) is 0 Å². The van der Waals surface area contributed by atoms with Gasteiger partial charge in [0.05, 0.1) is 7.11 Å². The van der Waals surface area contributed by atoms with E-state index in [1.54, 1.807) is 0 Å². The number of aliphatic carboxylic acids is 1. The van der Waals surface area contributed by atoms with E-state index in [-0.39, 0.29) is 0 Å². The number of carboxylic acid groups (broad SMARTS) is 1. The first-order valence-electron chi connectivity index (χ1n) is 2.32. The first-order valence-corrected chi connectivity index (χ1v) is 2.32. The Morgan fingerprint density at radius 2 is 2.00 bits per heavy atom. The zero-order valence-corrected chi connectivity index (χ0v) is 5.23. The smallest absolute Gasteiger partial charge is 0.366 e. The van der Waals surface area contributed by atoms with E-state index in [9.17, 15) is 9.59 Å². The summed E-state index contributed by atoms with van der Waals surface area (Å²) in [4.78, 5) is 27.9. The zero-order chi connectivity index (χ0) is 7.98. The topological polar surface area (TPSA) is 72.8 Å². The number of carboxylic acids is 1. The Morgan fingerprint density at radius 1 is 1.40 bits per heavy atom. The summed E-state index contributed by atoms with van der Waals surface area (Å²) in [5.74, 6) is -2.07. The van der Waals surface area contributed by atoms with Crippen LogP contribution in [0.15, 0.2) is 12.2 Å². The Hall–Kier alpha value is -1.36. The van der Waals surface area contributed by atoms with Crippen molar-refractivity contribution in [1.82, 2.24) is 0 Å². The molecule has 56 valence electrons. The third-order valence-corrected chi connectivity index (χ3v) is 0.527. The van der Waals surface area contributed by atoms with Crippen LogP contribution < -0.4 is 0 Å². The van der Waals surface area contributed by atoms with Crippen molar-refractivity contribution < 1.29 is 24.5 Å². The molecule has 0 aliphatic heterocycles. The minimum Gasteiger partial charge on any atom is -0.478 e. The van der Waals surface area contributed by atoms with Gasteiger partial charge in [-0.2, -0.15) is 4.89 Å². The second kappa shape index (κ2) is 4.51. The fraction of sp³-hybridized carbons (Fsp3) is 0.200. The lowest BCUT2D eigenvalue weighted by atomic mass is 10.5. The Bertz CT molecular complexity index is 159. The Labute approximate surface area is 56.8 Å². The molecule has 0 saturated carbocycles. The van der Waals surface area contributed by atoms with Crippen LogP contribution in [0, 0.1) is 0 Å². The first kappa shape index (κ1) is 8.64. The van der Waals surface area contributed by atoms with E-state index in [1.807, 2.05) is 0 Å². The maximum absolute atomic E-state index is 10.3. The summed E-state index contributed by atoms with van der Waals surface area (Å²) in [5, 5.41) is 8.00. The summed E-state index contributed by atoms with van der Waals surface area (Å²) in [6.45, 7) is 0. The van der Waals surface area contributed by atoms with Gasteiger partial charge in [0, 0.05) is 12.2 Å². The van der Waals surface area contributed by atoms with Crippen LogP contribution in [0.2, 0.25) is 0 Å². The normalized spacial score (nSPS) is 9.70. The van der Waals surface area contributed by atoms with Gasteiger partial charge >= 0.3 is 11.9 Å². The summed E-state index contributed by atoms with van der Waals surface area (Å²) in [6.07, 6.45) is 1.40. The van der Waals surface area contributed by atoms with Crippen LogP contribution in [-0.2, 0) is 19.4 Å². The molecular weight excluding hydrogens is 140 g/mol. The van der Waals surface area contributed by atoms with Crippen LogP contribution >= 0.6 is 0 Å². The standard InChI is InChI=1S/C5H6O5/c1-9-10-5(8)3-2-4(6)7/h2-3H,1H3,(H,6,7)/b3-2+. The number of rotatable bonds is 3. The van der Waals surface area contributed by atoms with Crippen molar-refractivity contribution in [2.75, 3.05) is 7.11 Å². The molecule has 0 heterocycles. The Balaban J connectivity index is 3.67. The average Bonchev–Trinajstić information content (AvgIpc) is 1.85. The molecule has 0 rings (SSSR count). The third kappa shape index (κ3) is 4.79. The van der Waals surface area contributed by atoms with Gasteiger partial charge in [0.25, 0.3) is 0 Å². The van der Waals surface area contributed by atoms with Crippen molar-refractivity contribution in [2.24, 2.45) is 0 Å². The molecule has 5 heteroatoms. The summed E-state index contributed by atoms with van der Waals surface area (Å²) >= 11 is 0. The van der Waals surface area contributed by atoms with Crippen molar-refractivity contribution in [3.63, 3.8) is 0 Å². The maximum Gasteiger partial charge on any atom is 0.366 e. The number of carbonyl (C=O) groups excluding carboxylic acids is 1. The first-order chi connectivity index (χ1) is 4.66. The molecule has 5 nitrogen and oxygen atoms in total. The molecule has 0 saturated heterocycles. The second-order valence-electron chi connectivity index (χ2n) is 1.24. The molecule has 0 bridgehead atoms. The monoisotopic (exact) mass is 146 g/mol. The molecule has 0 fully saturated rings. The highest BCUT2D eigenvalue weighted by atomic mass is 17.2. The van der Waals surface area contributed by atoms with Gasteiger partial charge in [0.2, 0.25) is 0 Å². The van der Waals surface area contributed by atoms with Crippen LogP contribution in [0.5, 0.6) is 0 Å². The lowest BCUT2D eigenvalue weighted by Crippen LogP contribution is -1.99. The second-order valence-corrected chi connectivity index (χ2v) is 1.24. The van der Waals surface area contributed by atoms with Gasteiger partial charge in [-0.15, -0.1) is 0 Å². The molecule has 0 aliphatic carbocycles. The predicted molar refractivity (Wildman–Crippen MR) is 29.9 cm³/mol. The van der Waals surface area contributed by atoms with Crippen molar-refractivity contribution in [3.8, 4) is 0 Å². The minimum atomic E-state index is -1.21. The highest BCUT2D eigenvalue weighted by Crippen LogP contribution is 1.80. The van der Waals surface area contributed by atoms with Crippen LogP contribution in [0.4, 0.5) is 0 Å². The molecule has 0 radical (unpaired) electrons. The van der Waals surface area contributed by atoms with E-state index in [0.29, 0.717) is 6.08 Å². The fourth-order valence-corrected chi connectivity index (χ4v) is 0.249. The van der Waals surface area contributed by atoms with E-state index < -0.39 is 11.9 Å². The van der Waals surface area contributed by atoms with Crippen molar-refractivity contribution in [2.45, 2.75) is 0 Å². The quantitative estimate of drug-likeness (QED) is 0.337. The van der Waals surface area contributed by atoms with E-state index >= 15 is 0 Å². The number of carbonyl (C=O) groups is 2. The molecule has 0 aromatic carbocycles. The summed E-state index contributed by atoms with van der Waals surface area (Å²) in [6, 6.07) is 0. The van der Waals surface area contributed by atoms with E-state index in [1.165, 1.54) is 0 Å². The van der Waals surface area contributed by atoms with E-state index in [4.69, 9.17) is 5.11 Å². The summed E-state index contributed by atoms with van der Waals surface area (Å²) < 4.78 is 0. The van der Waals surface area contributed by atoms with Gasteiger partial charge in [-0.25, -0.2) is 9.59 Å². The fourth-order valence-electron chi connectivity index (χ4n) is 0.249. The van der Waals surface area contributed by atoms with E-state index in [0.717, 1.165) is 13.2 Å². The molecule has 0 unspecified atom stereocenters. The van der Waals surface area contributed by atoms with Gasteiger partial charge in [-0.3, -0.25) is 4.89 Å². The molecule has 0 amide bonds. The molecule has 1 N–H and O–H groups in total. The van der Waals surface area contributed by atoms with Crippen LogP contribution in [0.1, 0.15) is 0 Å². The van der Waals surface area contributed by atoms with Gasteiger partial charge < -0.3 is 5.11 Å². The summed E-state index contributed by atoms with van der Waals surface area (Å²) in [5.41, 5.74) is 0. The van der Waals surface area contributed by atoms with Crippen LogP contribution in [-0.4, -0.2) is 24.2 Å². The highest BCUT2D eigenvalue weighted by molar-refractivity contribution is 5.90. The van der Waals surface area contributed by atoms with Crippen molar-refractivity contribution >= 4 is 11.9 Å². The predicted octanol–water partition coefficient (Wildman–Crippen LogP) is -0.268. The maximum atomic E-state index is 10.3. The minimum absolute atomic E-state index is 0.654. The SMILES string of the molecule is COOC(=O)/C=C/C(=O)O. The van der Waals surface area contributed by atoms with Crippen molar-refractivity contribution in [1.29, 1.82) is 0 Å². The molecular formula is C5H6O5. The molecule has 0 aromatic rings. The molecule has 0 aliphatic rings. The number of hydrogen-bond acceptors (Lipinski definition) is 4. The van der Waals surface area contributed by atoms with E-state index in [2.05, 4.69) is 9.78 Å². The van der Waals surface area contributed by atoms with Gasteiger partial charge in [-0.1, -0.05) is 0 Å². The zero-order valence-electron chi connectivity index (χ0n) is 5.23.